The third-order valence-corrected chi connectivity index (χ3v) is 6.50. The van der Waals surface area contributed by atoms with Crippen LogP contribution in [0, 0.1) is 13.8 Å². The number of carbonyl (C=O) groups excluding carboxylic acids is 2. The Labute approximate surface area is 170 Å². The van der Waals surface area contributed by atoms with Crippen molar-refractivity contribution in [2.75, 3.05) is 6.54 Å². The summed E-state index contributed by atoms with van der Waals surface area (Å²) < 4.78 is 0. The lowest BCUT2D eigenvalue weighted by Crippen LogP contribution is -2.33. The maximum atomic E-state index is 12.1. The molecule has 1 unspecified atom stereocenters. The first-order valence-corrected chi connectivity index (χ1v) is 10.3. The Bertz CT molecular complexity index is 1140. The van der Waals surface area contributed by atoms with Gasteiger partial charge in [0.1, 0.15) is 0 Å². The van der Waals surface area contributed by atoms with Gasteiger partial charge in [-0.05, 0) is 73.7 Å². The van der Waals surface area contributed by atoms with Gasteiger partial charge in [-0.15, -0.1) is 0 Å². The lowest BCUT2D eigenvalue weighted by molar-refractivity contribution is 0.0879. The number of hydrogen-bond acceptors (Lipinski definition) is 3. The van der Waals surface area contributed by atoms with Crippen molar-refractivity contribution in [3.05, 3.63) is 69.9 Å². The zero-order valence-corrected chi connectivity index (χ0v) is 16.8. The molecule has 3 heterocycles. The van der Waals surface area contributed by atoms with Crippen molar-refractivity contribution < 1.29 is 9.59 Å². The first-order valence-electron chi connectivity index (χ1n) is 10.3. The van der Waals surface area contributed by atoms with Crippen LogP contribution in [0.2, 0.25) is 0 Å². The second kappa shape index (κ2) is 6.85. The molecule has 3 aromatic rings. The summed E-state index contributed by atoms with van der Waals surface area (Å²) in [5.74, 6) is -0.570. The molecular weight excluding hydrogens is 362 g/mol. The molecule has 0 bridgehead atoms. The molecule has 2 aliphatic heterocycles. The number of likely N-dealkylation sites (tertiary alicyclic amines) is 1. The van der Waals surface area contributed by atoms with Gasteiger partial charge in [0.15, 0.2) is 0 Å². The molecule has 1 aromatic heterocycles. The lowest BCUT2D eigenvalue weighted by Gasteiger charge is -2.36. The summed E-state index contributed by atoms with van der Waals surface area (Å²) in [6.07, 6.45) is 5.44. The molecule has 1 fully saturated rings. The van der Waals surface area contributed by atoms with Crippen LogP contribution in [0.4, 0.5) is 0 Å². The third kappa shape index (κ3) is 2.97. The molecule has 5 nitrogen and oxygen atoms in total. The molecule has 1 atom stereocenters. The molecule has 2 amide bonds. The van der Waals surface area contributed by atoms with Crippen LogP contribution in [0.15, 0.2) is 36.5 Å². The molecule has 29 heavy (non-hydrogen) atoms. The molecule has 5 heteroatoms. The molecule has 0 radical (unpaired) electrons. The van der Waals surface area contributed by atoms with Crippen molar-refractivity contribution in [1.29, 1.82) is 0 Å². The fraction of sp³-hybridized carbons (Fsp3) is 0.333. The predicted molar refractivity (Wildman–Crippen MR) is 113 cm³/mol. The van der Waals surface area contributed by atoms with Gasteiger partial charge in [0.2, 0.25) is 0 Å². The second-order valence-corrected chi connectivity index (χ2v) is 8.33. The van der Waals surface area contributed by atoms with Crippen molar-refractivity contribution in [3.63, 3.8) is 0 Å². The van der Waals surface area contributed by atoms with Gasteiger partial charge in [0.25, 0.3) is 11.8 Å². The number of carbonyl (C=O) groups is 2. The number of aryl methyl sites for hydroxylation is 2. The number of piperidine rings is 1. The molecular formula is C24H25N3O2. The normalized spacial score (nSPS) is 19.6. The number of benzene rings is 2. The zero-order chi connectivity index (χ0) is 20.1. The average Bonchev–Trinajstić information content (AvgIpc) is 3.31. The Morgan fingerprint density at radius 2 is 1.83 bits per heavy atom. The van der Waals surface area contributed by atoms with E-state index in [1.54, 1.807) is 6.07 Å². The number of aromatic nitrogens is 1. The summed E-state index contributed by atoms with van der Waals surface area (Å²) in [4.78, 5) is 29.9. The van der Waals surface area contributed by atoms with Crippen LogP contribution >= 0.6 is 0 Å². The number of nitrogens with zero attached hydrogens (tertiary/aromatic N) is 1. The van der Waals surface area contributed by atoms with Gasteiger partial charge in [-0.1, -0.05) is 18.6 Å². The average molecular weight is 387 g/mol. The number of amides is 2. The van der Waals surface area contributed by atoms with Gasteiger partial charge in [0, 0.05) is 29.7 Å². The standard InChI is InChI=1S/C24H25N3O2/c1-14-11-15(2)22-17(8-9-25-22)20(14)13-27-10-4-3-5-21(27)16-6-7-18-19(12-16)24(29)26-23(18)28/h6-9,11-12,21,25H,3-5,10,13H2,1-2H3,(H,26,28,29). The molecule has 0 saturated carbocycles. The first-order chi connectivity index (χ1) is 14.0. The van der Waals surface area contributed by atoms with E-state index < -0.39 is 0 Å². The minimum Gasteiger partial charge on any atom is -0.361 e. The van der Waals surface area contributed by atoms with E-state index in [4.69, 9.17) is 0 Å². The van der Waals surface area contributed by atoms with Crippen LogP contribution in [-0.2, 0) is 6.54 Å². The Morgan fingerprint density at radius 3 is 2.69 bits per heavy atom. The summed E-state index contributed by atoms with van der Waals surface area (Å²) in [6.45, 7) is 6.26. The van der Waals surface area contributed by atoms with E-state index in [1.807, 2.05) is 18.3 Å². The Kier molecular flexibility index (Phi) is 4.28. The highest BCUT2D eigenvalue weighted by Gasteiger charge is 2.30. The van der Waals surface area contributed by atoms with Crippen LogP contribution in [0.1, 0.15) is 68.3 Å². The maximum Gasteiger partial charge on any atom is 0.258 e. The number of imide groups is 1. The van der Waals surface area contributed by atoms with Crippen molar-refractivity contribution in [1.82, 2.24) is 15.2 Å². The summed E-state index contributed by atoms with van der Waals surface area (Å²) in [6, 6.07) is 10.4. The van der Waals surface area contributed by atoms with Crippen molar-refractivity contribution >= 4 is 22.7 Å². The number of hydrogen-bond donors (Lipinski definition) is 2. The van der Waals surface area contributed by atoms with Crippen LogP contribution in [0.3, 0.4) is 0 Å². The van der Waals surface area contributed by atoms with E-state index in [2.05, 4.69) is 41.2 Å². The number of aromatic amines is 1. The molecule has 148 valence electrons. The first kappa shape index (κ1) is 18.1. The number of nitrogens with one attached hydrogen (secondary N) is 2. The molecule has 1 saturated heterocycles. The lowest BCUT2D eigenvalue weighted by atomic mass is 9.91. The fourth-order valence-corrected chi connectivity index (χ4v) is 5.01. The number of fused-ring (bicyclic) bond motifs is 2. The van der Waals surface area contributed by atoms with E-state index in [9.17, 15) is 9.59 Å². The number of H-pyrrole nitrogens is 1. The van der Waals surface area contributed by atoms with E-state index >= 15 is 0 Å². The van der Waals surface area contributed by atoms with Crippen molar-refractivity contribution in [2.24, 2.45) is 0 Å². The Balaban J connectivity index is 1.51. The van der Waals surface area contributed by atoms with Gasteiger partial charge in [-0.25, -0.2) is 0 Å². The van der Waals surface area contributed by atoms with Crippen molar-refractivity contribution in [3.8, 4) is 0 Å². The van der Waals surface area contributed by atoms with Gasteiger partial charge in [-0.2, -0.15) is 0 Å². The quantitative estimate of drug-likeness (QED) is 0.655. The van der Waals surface area contributed by atoms with E-state index in [0.717, 1.165) is 25.1 Å². The summed E-state index contributed by atoms with van der Waals surface area (Å²) in [5.41, 5.74) is 7.30. The van der Waals surface area contributed by atoms with E-state index in [0.29, 0.717) is 11.1 Å². The Morgan fingerprint density at radius 1 is 1.00 bits per heavy atom. The molecule has 2 N–H and O–H groups in total. The molecule has 2 aromatic carbocycles. The predicted octanol–water partition coefficient (Wildman–Crippen LogP) is 4.40. The van der Waals surface area contributed by atoms with Gasteiger partial charge in [0.05, 0.1) is 11.1 Å². The largest absolute Gasteiger partial charge is 0.361 e. The highest BCUT2D eigenvalue weighted by molar-refractivity contribution is 6.21. The Hall–Kier alpha value is -2.92. The van der Waals surface area contributed by atoms with E-state index in [-0.39, 0.29) is 17.9 Å². The summed E-state index contributed by atoms with van der Waals surface area (Å²) in [5, 5.41) is 3.70. The minimum absolute atomic E-state index is 0.257. The van der Waals surface area contributed by atoms with E-state index in [1.165, 1.54) is 40.4 Å². The monoisotopic (exact) mass is 387 g/mol. The molecule has 0 aliphatic carbocycles. The van der Waals surface area contributed by atoms with Crippen molar-refractivity contribution in [2.45, 2.75) is 45.7 Å². The van der Waals surface area contributed by atoms with Gasteiger partial charge in [-0.3, -0.25) is 19.8 Å². The molecule has 2 aliphatic rings. The third-order valence-electron chi connectivity index (χ3n) is 6.50. The highest BCUT2D eigenvalue weighted by Crippen LogP contribution is 2.35. The summed E-state index contributed by atoms with van der Waals surface area (Å²) >= 11 is 0. The SMILES string of the molecule is Cc1cc(C)c2[nH]ccc2c1CN1CCCCC1c1ccc2c(c1)C(=O)NC2=O. The minimum atomic E-state index is -0.290. The van der Waals surface area contributed by atoms with Gasteiger partial charge < -0.3 is 4.98 Å². The summed E-state index contributed by atoms with van der Waals surface area (Å²) in [7, 11) is 0. The molecule has 5 rings (SSSR count). The zero-order valence-electron chi connectivity index (χ0n) is 16.8. The molecule has 0 spiro atoms. The second-order valence-electron chi connectivity index (χ2n) is 8.33. The highest BCUT2D eigenvalue weighted by atomic mass is 16.2. The van der Waals surface area contributed by atoms with Gasteiger partial charge >= 0.3 is 0 Å². The fourth-order valence-electron chi connectivity index (χ4n) is 5.01. The number of rotatable bonds is 3. The van der Waals surface area contributed by atoms with Crippen LogP contribution < -0.4 is 5.32 Å². The van der Waals surface area contributed by atoms with Crippen LogP contribution in [-0.4, -0.2) is 28.2 Å². The topological polar surface area (TPSA) is 65.2 Å². The van der Waals surface area contributed by atoms with Crippen LogP contribution in [0.25, 0.3) is 10.9 Å². The smallest absolute Gasteiger partial charge is 0.258 e. The maximum absolute atomic E-state index is 12.1. The van der Waals surface area contributed by atoms with Crippen LogP contribution in [0.5, 0.6) is 0 Å².